The van der Waals surface area contributed by atoms with Crippen LogP contribution in [0.4, 0.5) is 5.69 Å². The van der Waals surface area contributed by atoms with E-state index in [9.17, 15) is 14.4 Å². The summed E-state index contributed by atoms with van der Waals surface area (Å²) >= 11 is 0. The van der Waals surface area contributed by atoms with Crippen molar-refractivity contribution in [1.82, 2.24) is 9.80 Å². The Bertz CT molecular complexity index is 1040. The Balaban J connectivity index is 1.21. The zero-order valence-corrected chi connectivity index (χ0v) is 17.6. The lowest BCUT2D eigenvalue weighted by atomic mass is 9.84. The van der Waals surface area contributed by atoms with E-state index in [-0.39, 0.29) is 17.5 Å². The van der Waals surface area contributed by atoms with Gasteiger partial charge in [0.25, 0.3) is 0 Å². The van der Waals surface area contributed by atoms with E-state index in [1.165, 1.54) is 25.7 Å². The highest BCUT2D eigenvalue weighted by Gasteiger charge is 2.30. The number of carbonyl (C=O) groups excluding carboxylic acids is 3. The van der Waals surface area contributed by atoms with E-state index >= 15 is 0 Å². The molecule has 5 rings (SSSR count). The first-order chi connectivity index (χ1) is 15.1. The van der Waals surface area contributed by atoms with Crippen LogP contribution in [0.1, 0.15) is 57.5 Å². The van der Waals surface area contributed by atoms with Crippen molar-refractivity contribution in [2.45, 2.75) is 25.7 Å². The molecule has 1 saturated carbocycles. The second-order valence-electron chi connectivity index (χ2n) is 8.93. The largest absolute Gasteiger partial charge is 0.325 e. The van der Waals surface area contributed by atoms with Crippen molar-refractivity contribution in [3.8, 4) is 0 Å². The molecule has 6 nitrogen and oxygen atoms in total. The number of fused-ring (bicyclic) bond motifs is 2. The Labute approximate surface area is 182 Å². The van der Waals surface area contributed by atoms with Gasteiger partial charge in [0.1, 0.15) is 0 Å². The molecule has 2 aromatic carbocycles. The van der Waals surface area contributed by atoms with Crippen LogP contribution in [0, 0.1) is 5.92 Å². The molecule has 1 heterocycles. The van der Waals surface area contributed by atoms with Gasteiger partial charge in [-0.1, -0.05) is 37.1 Å². The van der Waals surface area contributed by atoms with Crippen LogP contribution in [-0.2, 0) is 4.79 Å². The van der Waals surface area contributed by atoms with Crippen molar-refractivity contribution in [2.24, 2.45) is 5.92 Å². The molecule has 0 unspecified atom stereocenters. The predicted molar refractivity (Wildman–Crippen MR) is 118 cm³/mol. The number of benzene rings is 2. The summed E-state index contributed by atoms with van der Waals surface area (Å²) in [4.78, 5) is 42.8. The fraction of sp³-hybridized carbons (Fsp3) is 0.400. The highest BCUT2D eigenvalue weighted by atomic mass is 16.2. The fourth-order valence-corrected chi connectivity index (χ4v) is 5.12. The van der Waals surface area contributed by atoms with Gasteiger partial charge in [0, 0.05) is 47.6 Å². The minimum atomic E-state index is -0.177. The number of nitrogens with zero attached hydrogens (tertiary/aromatic N) is 2. The standard InChI is InChI=1S/C25H27N3O3/c29-23(15-28-12-11-27(16-28)14-17-5-1-2-6-17)26-18-9-10-21-22(13-18)25(31)20-8-4-3-7-19(20)24(21)30/h3-4,7-10,13,17H,1-2,5-6,11-12,14-16H2,(H,26,29). The van der Waals surface area contributed by atoms with Crippen LogP contribution in [-0.4, -0.2) is 60.1 Å². The van der Waals surface area contributed by atoms with Crippen molar-refractivity contribution < 1.29 is 14.4 Å². The van der Waals surface area contributed by atoms with Crippen LogP contribution in [0.2, 0.25) is 0 Å². The maximum absolute atomic E-state index is 12.9. The van der Waals surface area contributed by atoms with Gasteiger partial charge in [-0.05, 0) is 37.0 Å². The van der Waals surface area contributed by atoms with Gasteiger partial charge in [-0.3, -0.25) is 24.2 Å². The molecule has 2 fully saturated rings. The first-order valence-corrected chi connectivity index (χ1v) is 11.2. The molecular weight excluding hydrogens is 390 g/mol. The maximum Gasteiger partial charge on any atom is 0.238 e. The van der Waals surface area contributed by atoms with Crippen molar-refractivity contribution in [1.29, 1.82) is 0 Å². The molecule has 3 aliphatic rings. The summed E-state index contributed by atoms with van der Waals surface area (Å²) in [5.41, 5.74) is 2.15. The summed E-state index contributed by atoms with van der Waals surface area (Å²) in [6, 6.07) is 11.8. The lowest BCUT2D eigenvalue weighted by molar-refractivity contribution is -0.117. The van der Waals surface area contributed by atoms with Gasteiger partial charge >= 0.3 is 0 Å². The van der Waals surface area contributed by atoms with Gasteiger partial charge in [0.15, 0.2) is 11.6 Å². The highest BCUT2D eigenvalue weighted by Crippen LogP contribution is 2.29. The third-order valence-electron chi connectivity index (χ3n) is 6.70. The molecule has 1 aliphatic heterocycles. The zero-order valence-electron chi connectivity index (χ0n) is 17.6. The van der Waals surface area contributed by atoms with Gasteiger partial charge in [0.05, 0.1) is 13.2 Å². The zero-order chi connectivity index (χ0) is 21.4. The predicted octanol–water partition coefficient (Wildman–Crippen LogP) is 3.17. The first kappa shape index (κ1) is 20.1. The highest BCUT2D eigenvalue weighted by molar-refractivity contribution is 6.28. The second kappa shape index (κ2) is 8.36. The number of nitrogens with one attached hydrogen (secondary N) is 1. The van der Waals surface area contributed by atoms with E-state index in [2.05, 4.69) is 15.1 Å². The number of hydrogen-bond acceptors (Lipinski definition) is 5. The van der Waals surface area contributed by atoms with Crippen molar-refractivity contribution in [3.05, 3.63) is 64.7 Å². The van der Waals surface area contributed by atoms with E-state index in [0.29, 0.717) is 34.5 Å². The van der Waals surface area contributed by atoms with E-state index in [1.54, 1.807) is 42.5 Å². The molecular formula is C25H27N3O3. The smallest absolute Gasteiger partial charge is 0.238 e. The molecule has 160 valence electrons. The Morgan fingerprint density at radius 1 is 0.871 bits per heavy atom. The quantitative estimate of drug-likeness (QED) is 0.691. The average molecular weight is 418 g/mol. The Hall–Kier alpha value is -2.83. The van der Waals surface area contributed by atoms with Crippen molar-refractivity contribution in [2.75, 3.05) is 38.2 Å². The molecule has 2 aliphatic carbocycles. The average Bonchev–Trinajstić information content (AvgIpc) is 3.44. The molecule has 6 heteroatoms. The molecule has 2 aromatic rings. The van der Waals surface area contributed by atoms with Crippen LogP contribution < -0.4 is 5.32 Å². The molecule has 1 N–H and O–H groups in total. The molecule has 0 aromatic heterocycles. The number of ketones is 2. The van der Waals surface area contributed by atoms with Crippen LogP contribution >= 0.6 is 0 Å². The van der Waals surface area contributed by atoms with E-state index in [4.69, 9.17) is 0 Å². The summed E-state index contributed by atoms with van der Waals surface area (Å²) < 4.78 is 0. The Kier molecular flexibility index (Phi) is 5.42. The third kappa shape index (κ3) is 4.05. The van der Waals surface area contributed by atoms with Crippen molar-refractivity contribution in [3.63, 3.8) is 0 Å². The summed E-state index contributed by atoms with van der Waals surface area (Å²) in [6.45, 7) is 4.21. The van der Waals surface area contributed by atoms with Crippen LogP contribution in [0.5, 0.6) is 0 Å². The van der Waals surface area contributed by atoms with E-state index in [0.717, 1.165) is 32.2 Å². The van der Waals surface area contributed by atoms with Gasteiger partial charge < -0.3 is 5.32 Å². The normalized spacial score (nSPS) is 19.5. The molecule has 0 spiro atoms. The number of anilines is 1. The van der Waals surface area contributed by atoms with Crippen LogP contribution in [0.3, 0.4) is 0 Å². The minimum Gasteiger partial charge on any atom is -0.325 e. The van der Waals surface area contributed by atoms with Crippen LogP contribution in [0.25, 0.3) is 0 Å². The monoisotopic (exact) mass is 417 g/mol. The second-order valence-corrected chi connectivity index (χ2v) is 8.93. The third-order valence-corrected chi connectivity index (χ3v) is 6.70. The van der Waals surface area contributed by atoms with E-state index in [1.807, 2.05) is 0 Å². The maximum atomic E-state index is 12.9. The van der Waals surface area contributed by atoms with Gasteiger partial charge in [0.2, 0.25) is 5.91 Å². The summed E-state index contributed by atoms with van der Waals surface area (Å²) in [7, 11) is 0. The fourth-order valence-electron chi connectivity index (χ4n) is 5.12. The summed E-state index contributed by atoms with van der Waals surface area (Å²) in [6.07, 6.45) is 5.37. The minimum absolute atomic E-state index is 0.0994. The first-order valence-electron chi connectivity index (χ1n) is 11.2. The van der Waals surface area contributed by atoms with Crippen LogP contribution in [0.15, 0.2) is 42.5 Å². The molecule has 31 heavy (non-hydrogen) atoms. The molecule has 0 atom stereocenters. The van der Waals surface area contributed by atoms with E-state index < -0.39 is 0 Å². The Morgan fingerprint density at radius 3 is 2.26 bits per heavy atom. The molecule has 1 saturated heterocycles. The molecule has 0 bridgehead atoms. The van der Waals surface area contributed by atoms with Crippen molar-refractivity contribution >= 4 is 23.2 Å². The van der Waals surface area contributed by atoms with Gasteiger partial charge in [-0.25, -0.2) is 0 Å². The number of amides is 1. The van der Waals surface area contributed by atoms with Gasteiger partial charge in [-0.2, -0.15) is 0 Å². The Morgan fingerprint density at radius 2 is 1.52 bits per heavy atom. The number of carbonyl (C=O) groups is 3. The SMILES string of the molecule is O=C(CN1CCN(CC2CCCC2)C1)Nc1ccc2c(c1)C(=O)c1ccccc1C2=O. The van der Waals surface area contributed by atoms with Gasteiger partial charge in [-0.15, -0.1) is 0 Å². The summed E-state index contributed by atoms with van der Waals surface area (Å²) in [5.74, 6) is 0.387. The summed E-state index contributed by atoms with van der Waals surface area (Å²) in [5, 5.41) is 2.90. The topological polar surface area (TPSA) is 69.7 Å². The molecule has 1 amide bonds. The lowest BCUT2D eigenvalue weighted by Gasteiger charge is -2.21. The molecule has 0 radical (unpaired) electrons. The number of rotatable bonds is 5. The number of hydrogen-bond donors (Lipinski definition) is 1. The lowest BCUT2D eigenvalue weighted by Crippen LogP contribution is -2.34.